The Balaban J connectivity index is 1.76. The molecule has 7 nitrogen and oxygen atoms in total. The molecule has 0 spiro atoms. The summed E-state index contributed by atoms with van der Waals surface area (Å²) in [5.74, 6) is 0.336. The van der Waals surface area contributed by atoms with Crippen molar-refractivity contribution in [1.82, 2.24) is 0 Å². The van der Waals surface area contributed by atoms with Crippen molar-refractivity contribution in [3.8, 4) is 17.2 Å². The van der Waals surface area contributed by atoms with E-state index in [4.69, 9.17) is 25.5 Å². The summed E-state index contributed by atoms with van der Waals surface area (Å²) < 4.78 is 16.7. The van der Waals surface area contributed by atoms with Crippen molar-refractivity contribution in [3.63, 3.8) is 0 Å². The Hall–Kier alpha value is -3.97. The molecule has 1 amide bonds. The molecule has 0 fully saturated rings. The fourth-order valence-corrected chi connectivity index (χ4v) is 4.43. The highest BCUT2D eigenvalue weighted by atomic mass is 35.5. The lowest BCUT2D eigenvalue weighted by Crippen LogP contribution is -2.29. The molecule has 3 aromatic carbocycles. The van der Waals surface area contributed by atoms with Crippen LogP contribution in [0.1, 0.15) is 34.6 Å². The lowest BCUT2D eigenvalue weighted by molar-refractivity contribution is 0.0971. The minimum absolute atomic E-state index is 0.0363. The van der Waals surface area contributed by atoms with Gasteiger partial charge >= 0.3 is 0 Å². The Labute approximate surface area is 199 Å². The van der Waals surface area contributed by atoms with E-state index >= 15 is 0 Å². The summed E-state index contributed by atoms with van der Waals surface area (Å²) in [6.45, 7) is 2.40. The average molecular weight is 478 g/mol. The van der Waals surface area contributed by atoms with Crippen LogP contribution in [-0.4, -0.2) is 24.7 Å². The van der Waals surface area contributed by atoms with Gasteiger partial charge < -0.3 is 19.0 Å². The van der Waals surface area contributed by atoms with E-state index in [-0.39, 0.29) is 39.2 Å². The van der Waals surface area contributed by atoms with Crippen LogP contribution in [-0.2, 0) is 0 Å². The molecule has 1 aromatic heterocycles. The number of hydrogen-bond donors (Lipinski definition) is 1. The number of ether oxygens (including phenoxy) is 2. The average Bonchev–Trinajstić information content (AvgIpc) is 3.13. The molecule has 0 aliphatic carbocycles. The fraction of sp³-hybridized carbons (Fsp3) is 0.154. The van der Waals surface area contributed by atoms with Crippen molar-refractivity contribution < 1.29 is 23.8 Å². The van der Waals surface area contributed by atoms with Crippen LogP contribution in [0.4, 0.5) is 5.69 Å². The molecule has 0 saturated heterocycles. The van der Waals surface area contributed by atoms with Gasteiger partial charge in [0.15, 0.2) is 16.9 Å². The molecule has 1 unspecified atom stereocenters. The van der Waals surface area contributed by atoms with Crippen molar-refractivity contribution in [3.05, 3.63) is 92.8 Å². The van der Waals surface area contributed by atoms with Crippen molar-refractivity contribution in [1.29, 1.82) is 0 Å². The Kier molecular flexibility index (Phi) is 5.42. The number of halogens is 1. The van der Waals surface area contributed by atoms with Gasteiger partial charge in [-0.25, -0.2) is 0 Å². The molecule has 2 heterocycles. The Morgan fingerprint density at radius 1 is 1.06 bits per heavy atom. The van der Waals surface area contributed by atoms with Gasteiger partial charge in [0.2, 0.25) is 5.76 Å². The summed E-state index contributed by atoms with van der Waals surface area (Å²) in [5.41, 5.74) is 1.25. The van der Waals surface area contributed by atoms with E-state index in [1.54, 1.807) is 48.5 Å². The smallest absolute Gasteiger partial charge is 0.295 e. The maximum atomic E-state index is 13.6. The predicted molar refractivity (Wildman–Crippen MR) is 128 cm³/mol. The first-order valence-electron chi connectivity index (χ1n) is 10.6. The largest absolute Gasteiger partial charge is 0.504 e. The number of hydrogen-bond acceptors (Lipinski definition) is 6. The summed E-state index contributed by atoms with van der Waals surface area (Å²) in [4.78, 5) is 28.8. The number of nitrogens with zero attached hydrogens (tertiary/aromatic N) is 1. The topological polar surface area (TPSA) is 89.2 Å². The van der Waals surface area contributed by atoms with Crippen LogP contribution in [0.5, 0.6) is 17.2 Å². The lowest BCUT2D eigenvalue weighted by atomic mass is 9.97. The van der Waals surface area contributed by atoms with Crippen LogP contribution in [0.3, 0.4) is 0 Å². The SMILES string of the molecule is CCOc1ccc(N2C(=O)c3oc4ccc(Cl)cc4c(=O)c3C2c2ccc(O)c(OC)c2)cc1. The van der Waals surface area contributed by atoms with Crippen LogP contribution in [0, 0.1) is 0 Å². The second-order valence-electron chi connectivity index (χ2n) is 7.75. The van der Waals surface area contributed by atoms with Gasteiger partial charge in [0.25, 0.3) is 5.91 Å². The number of aromatic hydroxyl groups is 1. The molecular weight excluding hydrogens is 458 g/mol. The molecular formula is C26H20ClNO6. The maximum absolute atomic E-state index is 13.6. The first-order valence-corrected chi connectivity index (χ1v) is 11.0. The van der Waals surface area contributed by atoms with E-state index in [0.29, 0.717) is 28.6 Å². The minimum atomic E-state index is -0.811. The molecule has 1 N–H and O–H groups in total. The normalized spacial score (nSPS) is 15.0. The monoisotopic (exact) mass is 477 g/mol. The number of fused-ring (bicyclic) bond motifs is 2. The number of rotatable bonds is 5. The first kappa shape index (κ1) is 21.9. The molecule has 172 valence electrons. The third-order valence-corrected chi connectivity index (χ3v) is 6.01. The molecule has 0 saturated carbocycles. The molecule has 0 bridgehead atoms. The highest BCUT2D eigenvalue weighted by molar-refractivity contribution is 6.31. The Bertz CT molecular complexity index is 1480. The third-order valence-electron chi connectivity index (χ3n) is 5.78. The van der Waals surface area contributed by atoms with E-state index < -0.39 is 11.9 Å². The predicted octanol–water partition coefficient (Wildman–Crippen LogP) is 5.31. The first-order chi connectivity index (χ1) is 16.4. The molecule has 1 atom stereocenters. The van der Waals surface area contributed by atoms with Gasteiger partial charge in [-0.3, -0.25) is 14.5 Å². The highest BCUT2D eigenvalue weighted by Crippen LogP contribution is 2.43. The van der Waals surface area contributed by atoms with Crippen molar-refractivity contribution in [2.75, 3.05) is 18.6 Å². The molecule has 4 aromatic rings. The minimum Gasteiger partial charge on any atom is -0.504 e. The van der Waals surface area contributed by atoms with Gasteiger partial charge in [-0.05, 0) is 67.1 Å². The van der Waals surface area contributed by atoms with Crippen molar-refractivity contribution in [2.24, 2.45) is 0 Å². The zero-order valence-electron chi connectivity index (χ0n) is 18.4. The second-order valence-corrected chi connectivity index (χ2v) is 8.19. The molecule has 5 rings (SSSR count). The summed E-state index contributed by atoms with van der Waals surface area (Å²) in [6.07, 6.45) is 0. The molecule has 1 aliphatic heterocycles. The van der Waals surface area contributed by atoms with Crippen molar-refractivity contribution >= 4 is 34.2 Å². The van der Waals surface area contributed by atoms with E-state index in [2.05, 4.69) is 0 Å². The maximum Gasteiger partial charge on any atom is 0.295 e. The lowest BCUT2D eigenvalue weighted by Gasteiger charge is -2.25. The molecule has 34 heavy (non-hydrogen) atoms. The van der Waals surface area contributed by atoms with E-state index in [0.717, 1.165) is 0 Å². The van der Waals surface area contributed by atoms with Crippen LogP contribution in [0.15, 0.2) is 69.9 Å². The quantitative estimate of drug-likeness (QED) is 0.419. The summed E-state index contributed by atoms with van der Waals surface area (Å²) >= 11 is 6.13. The molecule has 8 heteroatoms. The summed E-state index contributed by atoms with van der Waals surface area (Å²) in [5, 5.41) is 10.8. The van der Waals surface area contributed by atoms with E-state index in [1.807, 2.05) is 6.92 Å². The fourth-order valence-electron chi connectivity index (χ4n) is 4.26. The van der Waals surface area contributed by atoms with Crippen molar-refractivity contribution in [2.45, 2.75) is 13.0 Å². The van der Waals surface area contributed by atoms with E-state index in [9.17, 15) is 14.7 Å². The number of phenols is 1. The number of carbonyl (C=O) groups is 1. The van der Waals surface area contributed by atoms with Gasteiger partial charge in [0, 0.05) is 10.7 Å². The third kappa shape index (κ3) is 3.45. The van der Waals surface area contributed by atoms with Gasteiger partial charge in [0.1, 0.15) is 11.3 Å². The van der Waals surface area contributed by atoms with E-state index in [1.165, 1.54) is 24.1 Å². The van der Waals surface area contributed by atoms with Crippen LogP contribution in [0.25, 0.3) is 11.0 Å². The number of amides is 1. The number of carbonyl (C=O) groups excluding carboxylic acids is 1. The van der Waals surface area contributed by atoms with Gasteiger partial charge in [-0.15, -0.1) is 0 Å². The van der Waals surface area contributed by atoms with Gasteiger partial charge in [-0.2, -0.15) is 0 Å². The van der Waals surface area contributed by atoms with Crippen LogP contribution in [0.2, 0.25) is 5.02 Å². The standard InChI is InChI=1S/C26H20ClNO6/c1-3-33-17-8-6-16(7-9-17)28-23(14-4-10-19(29)21(12-14)32-2)22-24(30)18-13-15(27)5-11-20(18)34-25(22)26(28)31/h4-13,23,29H,3H2,1-2H3. The number of benzene rings is 3. The Morgan fingerprint density at radius 2 is 1.82 bits per heavy atom. The number of methoxy groups -OCH3 is 1. The second kappa shape index (κ2) is 8.43. The summed E-state index contributed by atoms with van der Waals surface area (Å²) in [7, 11) is 1.43. The number of anilines is 1. The van der Waals surface area contributed by atoms with Gasteiger partial charge in [0.05, 0.1) is 30.7 Å². The molecule has 1 aliphatic rings. The van der Waals surface area contributed by atoms with Crippen LogP contribution >= 0.6 is 11.6 Å². The van der Waals surface area contributed by atoms with Crippen LogP contribution < -0.4 is 19.8 Å². The highest BCUT2D eigenvalue weighted by Gasteiger charge is 2.44. The van der Waals surface area contributed by atoms with Gasteiger partial charge in [-0.1, -0.05) is 17.7 Å². The number of phenolic OH excluding ortho intramolecular Hbond substituents is 1. The molecule has 0 radical (unpaired) electrons. The zero-order chi connectivity index (χ0) is 24.0. The zero-order valence-corrected chi connectivity index (χ0v) is 19.1. The Morgan fingerprint density at radius 3 is 2.53 bits per heavy atom. The summed E-state index contributed by atoms with van der Waals surface area (Å²) in [6, 6.07) is 15.6.